The Labute approximate surface area is 410 Å². The average molecular weight is 907 g/mol. The molecule has 348 valence electrons. The maximum atomic E-state index is 6.90. The van der Waals surface area contributed by atoms with Crippen LogP contribution in [-0.2, 0) is 21.7 Å². The highest BCUT2D eigenvalue weighted by atomic mass is 16.5. The monoisotopic (exact) mass is 907 g/mol. The molecule has 0 N–H and O–H groups in total. The molecule has 7 aromatic carbocycles. The van der Waals surface area contributed by atoms with Crippen LogP contribution in [0.1, 0.15) is 105 Å². The van der Waals surface area contributed by atoms with E-state index in [1.165, 1.54) is 61.4 Å². The lowest BCUT2D eigenvalue weighted by Gasteiger charge is -2.26. The Balaban J connectivity index is 1.06. The number of nitrogens with zero attached hydrogens (tertiary/aromatic N) is 4. The highest BCUT2D eigenvalue weighted by Gasteiger charge is 2.31. The number of pyridine rings is 1. The summed E-state index contributed by atoms with van der Waals surface area (Å²) in [6.07, 6.45) is 2.08. The maximum Gasteiger partial charge on any atom is 0.137 e. The van der Waals surface area contributed by atoms with E-state index >= 15 is 0 Å². The molecule has 1 aliphatic rings. The van der Waals surface area contributed by atoms with Gasteiger partial charge in [0.25, 0.3) is 0 Å². The summed E-state index contributed by atoms with van der Waals surface area (Å²) in [5.41, 5.74) is 16.7. The van der Waals surface area contributed by atoms with E-state index in [-0.39, 0.29) is 21.7 Å². The number of anilines is 4. The lowest BCUT2D eigenvalue weighted by atomic mass is 9.81. The van der Waals surface area contributed by atoms with E-state index < -0.39 is 0 Å². The molecule has 69 heavy (non-hydrogen) atoms. The smallest absolute Gasteiger partial charge is 0.137 e. The molecule has 0 amide bonds. The van der Waals surface area contributed by atoms with Gasteiger partial charge < -0.3 is 14.5 Å². The topological polar surface area (TPSA) is 33.5 Å². The first-order valence-electron chi connectivity index (χ1n) is 24.5. The molecule has 1 aliphatic heterocycles. The largest absolute Gasteiger partial charge is 0.457 e. The zero-order valence-corrected chi connectivity index (χ0v) is 42.6. The summed E-state index contributed by atoms with van der Waals surface area (Å²) in [5, 5.41) is 2.31. The second kappa shape index (κ2) is 16.8. The van der Waals surface area contributed by atoms with Crippen LogP contribution >= 0.6 is 0 Å². The van der Waals surface area contributed by atoms with Gasteiger partial charge in [-0.3, -0.25) is 4.57 Å². The molecule has 0 unspecified atom stereocenters. The number of ether oxygens (including phenoxy) is 1. The molecule has 2 aromatic heterocycles. The van der Waals surface area contributed by atoms with Crippen molar-refractivity contribution in [1.82, 2.24) is 9.55 Å². The number of hydrogen-bond acceptors (Lipinski definition) is 4. The van der Waals surface area contributed by atoms with Crippen LogP contribution in [0.3, 0.4) is 0 Å². The SMILES string of the molecule is CC(C)(C)c1ccc(-c2cnc(-n3c4ccc(-c5ccccc5)cc4c4ccc(Oc5cccc(N6CN(c7cccc(C(C)(C)C)c7)c7cc(C(C)(C)C)ccc76)c5)cc43)cc2C(C)(C)C)cc1. The first-order chi connectivity index (χ1) is 32.7. The normalized spacial score (nSPS) is 13.4. The number of hydrogen-bond donors (Lipinski definition) is 0. The van der Waals surface area contributed by atoms with Crippen LogP contribution in [0.4, 0.5) is 22.7 Å². The number of aromatic nitrogens is 2. The lowest BCUT2D eigenvalue weighted by Crippen LogP contribution is -2.24. The standard InChI is InChI=1S/C64H66N4O/c1-61(2,3)45-27-24-43(25-28-45)54-40-65-60(39-55(54)64(10,11)12)68-56-32-26-44(42-18-14-13-15-19-42)34-53(56)52-31-30-51(38-58(52)68)69-50-23-17-22-49(37-50)66-41-67(48-21-16-20-46(35-48)62(4,5)6)59-36-47(63(7,8)9)29-33-57(59)66/h13-40H,41H2,1-12H3. The van der Waals surface area contributed by atoms with Crippen molar-refractivity contribution in [3.8, 4) is 39.6 Å². The fourth-order valence-corrected chi connectivity index (χ4v) is 9.85. The highest BCUT2D eigenvalue weighted by molar-refractivity contribution is 6.10. The van der Waals surface area contributed by atoms with Gasteiger partial charge >= 0.3 is 0 Å². The number of fused-ring (bicyclic) bond motifs is 4. The number of rotatable bonds is 7. The Morgan fingerprint density at radius 2 is 1.04 bits per heavy atom. The highest BCUT2D eigenvalue weighted by Crippen LogP contribution is 2.48. The van der Waals surface area contributed by atoms with Gasteiger partial charge in [-0.1, -0.05) is 168 Å². The quantitative estimate of drug-likeness (QED) is 0.160. The van der Waals surface area contributed by atoms with Crippen molar-refractivity contribution in [2.75, 3.05) is 16.5 Å². The molecule has 0 aliphatic carbocycles. The summed E-state index contributed by atoms with van der Waals surface area (Å²) < 4.78 is 9.22. The zero-order valence-electron chi connectivity index (χ0n) is 42.6. The van der Waals surface area contributed by atoms with Gasteiger partial charge in [-0.05, 0) is 127 Å². The van der Waals surface area contributed by atoms with E-state index in [1.807, 2.05) is 0 Å². The minimum atomic E-state index is -0.146. The Kier molecular flexibility index (Phi) is 11.1. The minimum Gasteiger partial charge on any atom is -0.457 e. The van der Waals surface area contributed by atoms with Crippen molar-refractivity contribution in [1.29, 1.82) is 0 Å². The number of benzene rings is 7. The molecule has 0 saturated carbocycles. The molecular weight excluding hydrogens is 841 g/mol. The van der Waals surface area contributed by atoms with Crippen LogP contribution in [-0.4, -0.2) is 16.2 Å². The molecule has 0 atom stereocenters. The van der Waals surface area contributed by atoms with Gasteiger partial charge in [0, 0.05) is 46.0 Å². The fraction of sp³-hybridized carbons (Fsp3) is 0.266. The van der Waals surface area contributed by atoms with Gasteiger partial charge in [0.1, 0.15) is 24.0 Å². The van der Waals surface area contributed by atoms with Crippen LogP contribution < -0.4 is 14.5 Å². The summed E-state index contributed by atoms with van der Waals surface area (Å²) in [6.45, 7) is 28.1. The fourth-order valence-electron chi connectivity index (χ4n) is 9.85. The van der Waals surface area contributed by atoms with Crippen LogP contribution in [0.5, 0.6) is 11.5 Å². The van der Waals surface area contributed by atoms with Gasteiger partial charge in [0.05, 0.1) is 22.4 Å². The van der Waals surface area contributed by atoms with Crippen molar-refractivity contribution in [3.63, 3.8) is 0 Å². The maximum absolute atomic E-state index is 6.90. The third-order valence-corrected chi connectivity index (χ3v) is 13.9. The van der Waals surface area contributed by atoms with E-state index in [4.69, 9.17) is 9.72 Å². The van der Waals surface area contributed by atoms with E-state index in [0.717, 1.165) is 45.0 Å². The van der Waals surface area contributed by atoms with Crippen molar-refractivity contribution in [3.05, 3.63) is 192 Å². The second-order valence-electron chi connectivity index (χ2n) is 23.1. The molecule has 0 fully saturated rings. The molecule has 5 nitrogen and oxygen atoms in total. The summed E-state index contributed by atoms with van der Waals surface area (Å²) >= 11 is 0. The average Bonchev–Trinajstić information content (AvgIpc) is 3.86. The van der Waals surface area contributed by atoms with Gasteiger partial charge in [-0.15, -0.1) is 0 Å². The van der Waals surface area contributed by atoms with Crippen LogP contribution in [0.15, 0.2) is 170 Å². The third-order valence-electron chi connectivity index (χ3n) is 13.9. The molecule has 3 heterocycles. The zero-order chi connectivity index (χ0) is 48.6. The van der Waals surface area contributed by atoms with Crippen molar-refractivity contribution in [2.45, 2.75) is 105 Å². The molecule has 0 saturated heterocycles. The van der Waals surface area contributed by atoms with Crippen molar-refractivity contribution >= 4 is 44.6 Å². The van der Waals surface area contributed by atoms with Gasteiger partial charge in [-0.25, -0.2) is 4.98 Å². The predicted molar refractivity (Wildman–Crippen MR) is 293 cm³/mol. The molecule has 0 radical (unpaired) electrons. The lowest BCUT2D eigenvalue weighted by molar-refractivity contribution is 0.483. The van der Waals surface area contributed by atoms with E-state index in [0.29, 0.717) is 6.67 Å². The van der Waals surface area contributed by atoms with Gasteiger partial charge in [0.15, 0.2) is 0 Å². The van der Waals surface area contributed by atoms with Crippen LogP contribution in [0.2, 0.25) is 0 Å². The Morgan fingerprint density at radius 3 is 1.74 bits per heavy atom. The Morgan fingerprint density at radius 1 is 0.420 bits per heavy atom. The first kappa shape index (κ1) is 45.7. The molecule has 10 rings (SSSR count). The van der Waals surface area contributed by atoms with E-state index in [1.54, 1.807) is 0 Å². The Bertz CT molecular complexity index is 3370. The third kappa shape index (κ3) is 8.80. The molecule has 9 aromatic rings. The predicted octanol–water partition coefficient (Wildman–Crippen LogP) is 17.7. The van der Waals surface area contributed by atoms with Crippen molar-refractivity contribution < 1.29 is 4.74 Å². The summed E-state index contributed by atoms with van der Waals surface area (Å²) in [5.74, 6) is 2.41. The van der Waals surface area contributed by atoms with Gasteiger partial charge in [0.2, 0.25) is 0 Å². The van der Waals surface area contributed by atoms with Gasteiger partial charge in [-0.2, -0.15) is 0 Å². The summed E-state index contributed by atoms with van der Waals surface area (Å²) in [7, 11) is 0. The van der Waals surface area contributed by atoms with E-state index in [9.17, 15) is 0 Å². The van der Waals surface area contributed by atoms with Crippen LogP contribution in [0.25, 0.3) is 49.9 Å². The summed E-state index contributed by atoms with van der Waals surface area (Å²) in [6, 6.07) is 59.8. The van der Waals surface area contributed by atoms with Crippen molar-refractivity contribution in [2.24, 2.45) is 0 Å². The first-order valence-corrected chi connectivity index (χ1v) is 24.5. The van der Waals surface area contributed by atoms with E-state index in [2.05, 4.69) is 267 Å². The molecule has 5 heteroatoms. The molecule has 0 bridgehead atoms. The molecule has 0 spiro atoms. The minimum absolute atomic E-state index is 0.0133. The second-order valence-corrected chi connectivity index (χ2v) is 23.1. The van der Waals surface area contributed by atoms with Crippen LogP contribution in [0, 0.1) is 0 Å². The molecular formula is C64H66N4O. The Hall–Kier alpha value is -7.11. The summed E-state index contributed by atoms with van der Waals surface area (Å²) in [4.78, 5) is 10.2.